The van der Waals surface area contributed by atoms with Crippen LogP contribution in [0.2, 0.25) is 0 Å². The summed E-state index contributed by atoms with van der Waals surface area (Å²) >= 11 is 0. The molecule has 0 spiro atoms. The fraction of sp³-hybridized carbons (Fsp3) is 0.333. The lowest BCUT2D eigenvalue weighted by Crippen LogP contribution is -2.42. The predicted molar refractivity (Wildman–Crippen MR) is 158 cm³/mol. The van der Waals surface area contributed by atoms with Gasteiger partial charge in [0.1, 0.15) is 11.9 Å². The maximum atomic E-state index is 14.2. The summed E-state index contributed by atoms with van der Waals surface area (Å²) in [5.41, 5.74) is 3.10. The summed E-state index contributed by atoms with van der Waals surface area (Å²) < 4.78 is 39.0. The van der Waals surface area contributed by atoms with Gasteiger partial charge in [0.15, 0.2) is 0 Å². The number of fused-ring (bicyclic) bond motifs is 1. The van der Waals surface area contributed by atoms with Crippen molar-refractivity contribution in [3.63, 3.8) is 0 Å². The monoisotopic (exact) mass is 584 g/mol. The lowest BCUT2D eigenvalue weighted by Gasteiger charge is -2.29. The molecule has 2 saturated heterocycles. The molecule has 0 saturated carbocycles. The molecule has 220 valence electrons. The van der Waals surface area contributed by atoms with E-state index >= 15 is 0 Å². The Hall–Kier alpha value is -4.49. The summed E-state index contributed by atoms with van der Waals surface area (Å²) in [6, 6.07) is 16.4. The molecule has 1 N–H and O–H groups in total. The number of aromatic nitrogens is 2. The van der Waals surface area contributed by atoms with E-state index in [2.05, 4.69) is 21.3 Å². The van der Waals surface area contributed by atoms with E-state index in [0.29, 0.717) is 40.0 Å². The van der Waals surface area contributed by atoms with E-state index in [0.717, 1.165) is 55.7 Å². The number of halogens is 3. The minimum Gasteiger partial charge on any atom is -0.366 e. The largest absolute Gasteiger partial charge is 0.416 e. The Morgan fingerprint density at radius 2 is 1.77 bits per heavy atom. The average molecular weight is 585 g/mol. The topological polar surface area (TPSA) is 85.1 Å². The first-order chi connectivity index (χ1) is 20.8. The van der Waals surface area contributed by atoms with Gasteiger partial charge >= 0.3 is 6.18 Å². The molecule has 2 aliphatic heterocycles. The number of benzene rings is 2. The van der Waals surface area contributed by atoms with Crippen LogP contribution in [0.15, 0.2) is 67.0 Å². The number of rotatable bonds is 7. The van der Waals surface area contributed by atoms with Crippen molar-refractivity contribution in [2.24, 2.45) is 0 Å². The zero-order chi connectivity index (χ0) is 30.0. The molecule has 1 amide bonds. The second-order valence-corrected chi connectivity index (χ2v) is 11.2. The minimum absolute atomic E-state index is 0.0623. The van der Waals surface area contributed by atoms with Crippen LogP contribution in [0.25, 0.3) is 22.0 Å². The van der Waals surface area contributed by atoms with E-state index in [4.69, 9.17) is 4.98 Å². The normalized spacial score (nSPS) is 17.3. The van der Waals surface area contributed by atoms with Crippen molar-refractivity contribution < 1.29 is 18.0 Å². The molecule has 0 unspecified atom stereocenters. The molecule has 4 aromatic rings. The number of nitrogens with one attached hydrogen (secondary N) is 1. The molecular weight excluding hydrogens is 553 g/mol. The summed E-state index contributed by atoms with van der Waals surface area (Å²) in [6.45, 7) is 3.92. The Kier molecular flexibility index (Phi) is 8.00. The molecular formula is C33H31F3N6O. The van der Waals surface area contributed by atoms with Crippen molar-refractivity contribution in [2.75, 3.05) is 31.5 Å². The van der Waals surface area contributed by atoms with Gasteiger partial charge in [0, 0.05) is 49.0 Å². The number of nitrogens with zero attached hydrogens (tertiary/aromatic N) is 5. The van der Waals surface area contributed by atoms with Crippen LogP contribution in [-0.2, 0) is 12.7 Å². The molecule has 1 atom stereocenters. The molecule has 6 rings (SSSR count). The molecule has 10 heteroatoms. The standard InChI is InChI=1S/C33H31F3N6O/c34-33(35,36)26-8-5-22(6-9-26)19-39-31-16-29(32(43)42-13-3-4-27(42)21-41-11-1-2-12-41)28-15-24(7-10-30(28)40-31)25-14-23(17-37)18-38-20-25/h5-10,14-16,18,20,27H,1-4,11-13,19,21H2,(H,39,40)/t27-/m0/s1. The maximum Gasteiger partial charge on any atom is 0.416 e. The third kappa shape index (κ3) is 6.32. The van der Waals surface area contributed by atoms with Gasteiger partial charge in [-0.15, -0.1) is 0 Å². The number of carbonyl (C=O) groups is 1. The Morgan fingerprint density at radius 1 is 0.977 bits per heavy atom. The Bertz CT molecular complexity index is 1680. The minimum atomic E-state index is -4.39. The van der Waals surface area contributed by atoms with Crippen LogP contribution in [0.4, 0.5) is 19.0 Å². The van der Waals surface area contributed by atoms with Crippen LogP contribution in [0.1, 0.15) is 52.7 Å². The van der Waals surface area contributed by atoms with Crippen LogP contribution < -0.4 is 5.32 Å². The molecule has 0 aliphatic carbocycles. The first-order valence-corrected chi connectivity index (χ1v) is 14.5. The summed E-state index contributed by atoms with van der Waals surface area (Å²) in [7, 11) is 0. The third-order valence-electron chi connectivity index (χ3n) is 8.30. The van der Waals surface area contributed by atoms with Crippen molar-refractivity contribution in [3.05, 3.63) is 89.2 Å². The third-order valence-corrected chi connectivity index (χ3v) is 8.30. The number of hydrogen-bond acceptors (Lipinski definition) is 6. The quantitative estimate of drug-likeness (QED) is 0.267. The summed E-state index contributed by atoms with van der Waals surface area (Å²) in [6.07, 6.45) is 3.08. The smallest absolute Gasteiger partial charge is 0.366 e. The molecule has 0 radical (unpaired) electrons. The fourth-order valence-corrected chi connectivity index (χ4v) is 6.05. The fourth-order valence-electron chi connectivity index (χ4n) is 6.05. The average Bonchev–Trinajstić information content (AvgIpc) is 3.71. The number of carbonyl (C=O) groups excluding carboxylic acids is 1. The highest BCUT2D eigenvalue weighted by atomic mass is 19.4. The molecule has 2 aliphatic rings. The van der Waals surface area contributed by atoms with Gasteiger partial charge in [-0.3, -0.25) is 9.78 Å². The second-order valence-electron chi connectivity index (χ2n) is 11.2. The van der Waals surface area contributed by atoms with E-state index in [9.17, 15) is 23.2 Å². The highest BCUT2D eigenvalue weighted by molar-refractivity contribution is 6.08. The van der Waals surface area contributed by atoms with Gasteiger partial charge < -0.3 is 15.1 Å². The van der Waals surface area contributed by atoms with Crippen molar-refractivity contribution in [3.8, 4) is 17.2 Å². The van der Waals surface area contributed by atoms with Gasteiger partial charge in [-0.25, -0.2) is 4.98 Å². The van der Waals surface area contributed by atoms with E-state index in [1.165, 1.54) is 31.2 Å². The van der Waals surface area contributed by atoms with Crippen LogP contribution in [0.3, 0.4) is 0 Å². The zero-order valence-electron chi connectivity index (χ0n) is 23.6. The Balaban J connectivity index is 1.34. The second kappa shape index (κ2) is 12.0. The molecule has 2 aromatic carbocycles. The lowest BCUT2D eigenvalue weighted by molar-refractivity contribution is -0.137. The number of pyridine rings is 2. The number of likely N-dealkylation sites (tertiary alicyclic amines) is 2. The van der Waals surface area contributed by atoms with Crippen LogP contribution in [0, 0.1) is 11.3 Å². The number of anilines is 1. The van der Waals surface area contributed by atoms with Gasteiger partial charge in [-0.2, -0.15) is 18.4 Å². The van der Waals surface area contributed by atoms with Gasteiger partial charge in [0.05, 0.1) is 22.2 Å². The van der Waals surface area contributed by atoms with Crippen molar-refractivity contribution in [1.29, 1.82) is 5.26 Å². The molecule has 7 nitrogen and oxygen atoms in total. The number of amides is 1. The van der Waals surface area contributed by atoms with Gasteiger partial charge in [-0.05, 0) is 86.3 Å². The number of nitriles is 1. The highest BCUT2D eigenvalue weighted by Gasteiger charge is 2.33. The van der Waals surface area contributed by atoms with E-state index in [1.807, 2.05) is 23.1 Å². The van der Waals surface area contributed by atoms with Crippen molar-refractivity contribution in [2.45, 2.75) is 44.4 Å². The molecule has 4 heterocycles. The SMILES string of the molecule is N#Cc1cncc(-c2ccc3nc(NCc4ccc(C(F)(F)F)cc4)cc(C(=O)N4CCC[C@H]4CN4CCCC4)c3c2)c1. The molecule has 2 aromatic heterocycles. The molecule has 43 heavy (non-hydrogen) atoms. The van der Waals surface area contributed by atoms with Crippen molar-refractivity contribution in [1.82, 2.24) is 19.8 Å². The summed E-state index contributed by atoms with van der Waals surface area (Å²) in [5, 5.41) is 13.3. The predicted octanol–water partition coefficient (Wildman–Crippen LogP) is 6.50. The Morgan fingerprint density at radius 3 is 2.51 bits per heavy atom. The first kappa shape index (κ1) is 28.6. The van der Waals surface area contributed by atoms with Crippen LogP contribution in [0.5, 0.6) is 0 Å². The van der Waals surface area contributed by atoms with E-state index < -0.39 is 11.7 Å². The van der Waals surface area contributed by atoms with E-state index in [1.54, 1.807) is 18.3 Å². The van der Waals surface area contributed by atoms with Gasteiger partial charge in [0.2, 0.25) is 0 Å². The maximum absolute atomic E-state index is 14.2. The Labute approximate surface area is 248 Å². The van der Waals surface area contributed by atoms with Crippen LogP contribution in [-0.4, -0.2) is 57.9 Å². The molecule has 0 bridgehead atoms. The number of alkyl halides is 3. The van der Waals surface area contributed by atoms with E-state index in [-0.39, 0.29) is 18.5 Å². The highest BCUT2D eigenvalue weighted by Crippen LogP contribution is 2.32. The van der Waals surface area contributed by atoms with Crippen molar-refractivity contribution >= 4 is 22.6 Å². The molecule has 2 fully saturated rings. The summed E-state index contributed by atoms with van der Waals surface area (Å²) in [5.74, 6) is 0.402. The van der Waals surface area contributed by atoms with Gasteiger partial charge in [0.25, 0.3) is 5.91 Å². The lowest BCUT2D eigenvalue weighted by atomic mass is 10.00. The van der Waals surface area contributed by atoms with Crippen LogP contribution >= 0.6 is 0 Å². The van der Waals surface area contributed by atoms with Gasteiger partial charge in [-0.1, -0.05) is 18.2 Å². The summed E-state index contributed by atoms with van der Waals surface area (Å²) in [4.78, 5) is 27.6. The number of hydrogen-bond donors (Lipinski definition) is 1. The zero-order valence-corrected chi connectivity index (χ0v) is 23.6. The first-order valence-electron chi connectivity index (χ1n) is 14.5.